The summed E-state index contributed by atoms with van der Waals surface area (Å²) in [5.41, 5.74) is -0.0597. The molecule has 3 N–H and O–H groups in total. The van der Waals surface area contributed by atoms with Crippen LogP contribution in [0.4, 0.5) is 11.4 Å². The van der Waals surface area contributed by atoms with E-state index in [1.165, 1.54) is 18.2 Å². The molecule has 0 unspecified atom stereocenters. The SMILES string of the molecule is O=C(O)CN(CC(=O)O)CC(=O)Nc1cccc([N+](=O)[O-])c1. The van der Waals surface area contributed by atoms with Gasteiger partial charge in [0.15, 0.2) is 0 Å². The van der Waals surface area contributed by atoms with E-state index in [4.69, 9.17) is 10.2 Å². The van der Waals surface area contributed by atoms with Gasteiger partial charge in [0.2, 0.25) is 5.91 Å². The van der Waals surface area contributed by atoms with Gasteiger partial charge in [0.05, 0.1) is 24.6 Å². The predicted molar refractivity (Wildman–Crippen MR) is 73.4 cm³/mol. The Morgan fingerprint density at radius 1 is 1.14 bits per heavy atom. The molecule has 1 aromatic rings. The molecule has 10 heteroatoms. The van der Waals surface area contributed by atoms with Crippen LogP contribution in [0.15, 0.2) is 24.3 Å². The van der Waals surface area contributed by atoms with Crippen molar-refractivity contribution < 1.29 is 29.5 Å². The fraction of sp³-hybridized carbons (Fsp3) is 0.250. The van der Waals surface area contributed by atoms with Crippen LogP contribution in [0.5, 0.6) is 0 Å². The van der Waals surface area contributed by atoms with Gasteiger partial charge >= 0.3 is 11.9 Å². The standard InChI is InChI=1S/C12H13N3O7/c16-10(5-14(6-11(17)18)7-12(19)20)13-8-2-1-3-9(4-8)15(21)22/h1-4H,5-7H2,(H,13,16)(H,17,18)(H,19,20). The molecule has 1 amide bonds. The van der Waals surface area contributed by atoms with E-state index in [9.17, 15) is 24.5 Å². The Balaban J connectivity index is 2.70. The molecule has 118 valence electrons. The van der Waals surface area contributed by atoms with Crippen LogP contribution >= 0.6 is 0 Å². The third kappa shape index (κ3) is 5.96. The largest absolute Gasteiger partial charge is 0.480 e. The second kappa shape index (κ2) is 7.69. The van der Waals surface area contributed by atoms with Crippen LogP contribution in [-0.2, 0) is 14.4 Å². The van der Waals surface area contributed by atoms with E-state index in [0.717, 1.165) is 11.0 Å². The summed E-state index contributed by atoms with van der Waals surface area (Å²) in [6.07, 6.45) is 0. The summed E-state index contributed by atoms with van der Waals surface area (Å²) in [5.74, 6) is -3.23. The summed E-state index contributed by atoms with van der Waals surface area (Å²) < 4.78 is 0. The number of carbonyl (C=O) groups excluding carboxylic acids is 1. The molecule has 0 aromatic heterocycles. The highest BCUT2D eigenvalue weighted by Crippen LogP contribution is 2.16. The van der Waals surface area contributed by atoms with Crippen molar-refractivity contribution in [2.45, 2.75) is 0 Å². The number of nitrogens with zero attached hydrogens (tertiary/aromatic N) is 2. The highest BCUT2D eigenvalue weighted by molar-refractivity contribution is 5.93. The molecule has 0 aliphatic carbocycles. The van der Waals surface area contributed by atoms with E-state index < -0.39 is 42.4 Å². The third-order valence-corrected chi connectivity index (χ3v) is 2.43. The van der Waals surface area contributed by atoms with Crippen LogP contribution in [0.2, 0.25) is 0 Å². The first-order chi connectivity index (χ1) is 10.3. The number of non-ortho nitro benzene ring substituents is 1. The number of benzene rings is 1. The van der Waals surface area contributed by atoms with Crippen LogP contribution in [0, 0.1) is 10.1 Å². The number of nitrogens with one attached hydrogen (secondary N) is 1. The number of amides is 1. The molecule has 0 saturated carbocycles. The van der Waals surface area contributed by atoms with Crippen molar-refractivity contribution in [3.63, 3.8) is 0 Å². The molecule has 0 atom stereocenters. The third-order valence-electron chi connectivity index (χ3n) is 2.43. The summed E-state index contributed by atoms with van der Waals surface area (Å²) in [5, 5.41) is 30.3. The predicted octanol–water partition coefficient (Wildman–Crippen LogP) is 0.00450. The van der Waals surface area contributed by atoms with Gasteiger partial charge in [-0.3, -0.25) is 29.4 Å². The van der Waals surface area contributed by atoms with Gasteiger partial charge in [-0.15, -0.1) is 0 Å². The van der Waals surface area contributed by atoms with Crippen molar-refractivity contribution in [3.8, 4) is 0 Å². The first-order valence-corrected chi connectivity index (χ1v) is 5.98. The highest BCUT2D eigenvalue weighted by Gasteiger charge is 2.17. The van der Waals surface area contributed by atoms with Crippen molar-refractivity contribution >= 4 is 29.2 Å². The molecule has 0 saturated heterocycles. The zero-order valence-corrected chi connectivity index (χ0v) is 11.3. The molecule has 0 aliphatic rings. The fourth-order valence-electron chi connectivity index (χ4n) is 1.65. The maximum atomic E-state index is 11.8. The average Bonchev–Trinajstić information content (AvgIpc) is 2.36. The molecular formula is C12H13N3O7. The number of carboxylic acids is 2. The van der Waals surface area contributed by atoms with Gasteiger partial charge in [0, 0.05) is 17.8 Å². The van der Waals surface area contributed by atoms with Gasteiger partial charge in [-0.1, -0.05) is 6.07 Å². The topological polar surface area (TPSA) is 150 Å². The molecule has 10 nitrogen and oxygen atoms in total. The molecule has 0 fully saturated rings. The molecule has 0 spiro atoms. The summed E-state index contributed by atoms with van der Waals surface area (Å²) in [4.78, 5) is 43.9. The fourth-order valence-corrected chi connectivity index (χ4v) is 1.65. The Kier molecular flexibility index (Phi) is 5.96. The molecule has 1 rings (SSSR count). The summed E-state index contributed by atoms with van der Waals surface area (Å²) in [7, 11) is 0. The lowest BCUT2D eigenvalue weighted by Gasteiger charge is -2.17. The van der Waals surface area contributed by atoms with Crippen molar-refractivity contribution in [3.05, 3.63) is 34.4 Å². The molecule has 0 radical (unpaired) electrons. The lowest BCUT2D eigenvalue weighted by Crippen LogP contribution is -2.40. The van der Waals surface area contributed by atoms with Crippen LogP contribution in [0.1, 0.15) is 0 Å². The number of carboxylic acid groups (broad SMARTS) is 2. The van der Waals surface area contributed by atoms with Crippen molar-refractivity contribution in [1.29, 1.82) is 0 Å². The monoisotopic (exact) mass is 311 g/mol. The van der Waals surface area contributed by atoms with Crippen molar-refractivity contribution in [1.82, 2.24) is 4.90 Å². The maximum absolute atomic E-state index is 11.8. The molecule has 0 bridgehead atoms. The van der Waals surface area contributed by atoms with Gasteiger partial charge < -0.3 is 15.5 Å². The summed E-state index contributed by atoms with van der Waals surface area (Å²) >= 11 is 0. The van der Waals surface area contributed by atoms with Gasteiger partial charge in [0.25, 0.3) is 5.69 Å². The number of anilines is 1. The molecule has 0 heterocycles. The van der Waals surface area contributed by atoms with Crippen LogP contribution in [0.3, 0.4) is 0 Å². The zero-order chi connectivity index (χ0) is 16.7. The number of rotatable bonds is 8. The minimum absolute atomic E-state index is 0.157. The van der Waals surface area contributed by atoms with Gasteiger partial charge in [0.1, 0.15) is 0 Å². The van der Waals surface area contributed by atoms with Crippen LogP contribution < -0.4 is 5.32 Å². The lowest BCUT2D eigenvalue weighted by molar-refractivity contribution is -0.384. The Hall–Kier alpha value is -3.01. The quantitative estimate of drug-likeness (QED) is 0.448. The van der Waals surface area contributed by atoms with E-state index in [0.29, 0.717) is 0 Å². The number of nitro benzene ring substituents is 1. The van der Waals surface area contributed by atoms with Crippen LogP contribution in [-0.4, -0.2) is 57.5 Å². The maximum Gasteiger partial charge on any atom is 0.317 e. The number of nitro groups is 1. The van der Waals surface area contributed by atoms with Gasteiger partial charge in [-0.25, -0.2) is 0 Å². The van der Waals surface area contributed by atoms with E-state index >= 15 is 0 Å². The Morgan fingerprint density at radius 2 is 1.73 bits per heavy atom. The van der Waals surface area contributed by atoms with E-state index in [1.807, 2.05) is 0 Å². The van der Waals surface area contributed by atoms with Crippen molar-refractivity contribution in [2.24, 2.45) is 0 Å². The zero-order valence-electron chi connectivity index (χ0n) is 11.3. The first kappa shape index (κ1) is 17.0. The number of aliphatic carboxylic acids is 2. The Morgan fingerprint density at radius 3 is 2.23 bits per heavy atom. The Bertz CT molecular complexity index is 586. The minimum atomic E-state index is -1.27. The normalized spacial score (nSPS) is 10.2. The second-order valence-corrected chi connectivity index (χ2v) is 4.29. The van der Waals surface area contributed by atoms with E-state index in [1.54, 1.807) is 0 Å². The van der Waals surface area contributed by atoms with E-state index in [2.05, 4.69) is 5.32 Å². The lowest BCUT2D eigenvalue weighted by atomic mass is 10.3. The molecular weight excluding hydrogens is 298 g/mol. The number of hydrogen-bond acceptors (Lipinski definition) is 6. The van der Waals surface area contributed by atoms with Gasteiger partial charge in [-0.05, 0) is 6.07 Å². The highest BCUT2D eigenvalue weighted by atomic mass is 16.6. The van der Waals surface area contributed by atoms with E-state index in [-0.39, 0.29) is 11.4 Å². The van der Waals surface area contributed by atoms with Crippen molar-refractivity contribution in [2.75, 3.05) is 25.0 Å². The molecule has 22 heavy (non-hydrogen) atoms. The minimum Gasteiger partial charge on any atom is -0.480 e. The average molecular weight is 311 g/mol. The first-order valence-electron chi connectivity index (χ1n) is 5.98. The summed E-state index contributed by atoms with van der Waals surface area (Å²) in [6, 6.07) is 5.18. The van der Waals surface area contributed by atoms with Gasteiger partial charge in [-0.2, -0.15) is 0 Å². The number of carbonyl (C=O) groups is 3. The molecule has 1 aromatic carbocycles. The van der Waals surface area contributed by atoms with Crippen LogP contribution in [0.25, 0.3) is 0 Å². The Labute approximate surface area is 124 Å². The smallest absolute Gasteiger partial charge is 0.317 e. The second-order valence-electron chi connectivity index (χ2n) is 4.29. The summed E-state index contributed by atoms with van der Waals surface area (Å²) in [6.45, 7) is -1.70. The molecule has 0 aliphatic heterocycles. The number of hydrogen-bond donors (Lipinski definition) is 3.